The second-order valence-electron chi connectivity index (χ2n) is 6.44. The van der Waals surface area contributed by atoms with Gasteiger partial charge in [-0.05, 0) is 49.6 Å². The summed E-state index contributed by atoms with van der Waals surface area (Å²) in [5, 5.41) is 8.95. The van der Waals surface area contributed by atoms with E-state index in [0.717, 1.165) is 24.1 Å². The van der Waals surface area contributed by atoms with Crippen LogP contribution in [0.25, 0.3) is 0 Å². The first-order chi connectivity index (χ1) is 11.6. The van der Waals surface area contributed by atoms with Gasteiger partial charge in [-0.25, -0.2) is 4.98 Å². The number of rotatable bonds is 2. The van der Waals surface area contributed by atoms with Gasteiger partial charge in [-0.1, -0.05) is 12.1 Å². The standard InChI is InChI=1S/C19H17N3O2/c1-13-12-22(16-3-2-10-21-17(16)24-13)18(23)19(8-9-19)15-6-4-14(11-20)5-7-15/h2-7,10,13H,8-9,12H2,1H3/t13-/m1/s1. The van der Waals surface area contributed by atoms with E-state index < -0.39 is 5.41 Å². The number of nitrogens with zero attached hydrogens (tertiary/aromatic N) is 3. The molecule has 1 atom stereocenters. The summed E-state index contributed by atoms with van der Waals surface area (Å²) in [6.45, 7) is 2.47. The molecule has 0 saturated heterocycles. The lowest BCUT2D eigenvalue weighted by molar-refractivity contribution is -0.121. The Morgan fingerprint density at radius 2 is 2.08 bits per heavy atom. The minimum Gasteiger partial charge on any atom is -0.471 e. The number of pyridine rings is 1. The Morgan fingerprint density at radius 1 is 1.33 bits per heavy atom. The second kappa shape index (κ2) is 5.34. The first-order valence-electron chi connectivity index (χ1n) is 8.08. The summed E-state index contributed by atoms with van der Waals surface area (Å²) in [6.07, 6.45) is 3.25. The molecule has 1 aliphatic carbocycles. The van der Waals surface area contributed by atoms with Crippen LogP contribution in [0.15, 0.2) is 42.6 Å². The molecule has 0 spiro atoms. The third-order valence-electron chi connectivity index (χ3n) is 4.77. The van der Waals surface area contributed by atoms with Gasteiger partial charge in [0.1, 0.15) is 11.8 Å². The molecule has 1 amide bonds. The number of nitriles is 1. The maximum absolute atomic E-state index is 13.3. The van der Waals surface area contributed by atoms with Crippen LogP contribution in [0.4, 0.5) is 5.69 Å². The van der Waals surface area contributed by atoms with E-state index in [0.29, 0.717) is 18.0 Å². The summed E-state index contributed by atoms with van der Waals surface area (Å²) >= 11 is 0. The van der Waals surface area contributed by atoms with Crippen molar-refractivity contribution in [1.29, 1.82) is 5.26 Å². The van der Waals surface area contributed by atoms with Gasteiger partial charge in [0.15, 0.2) is 0 Å². The Hall–Kier alpha value is -2.87. The molecular weight excluding hydrogens is 302 g/mol. The van der Waals surface area contributed by atoms with Crippen molar-refractivity contribution < 1.29 is 9.53 Å². The van der Waals surface area contributed by atoms with E-state index in [1.165, 1.54) is 0 Å². The predicted octanol–water partition coefficient (Wildman–Crippen LogP) is 2.80. The monoisotopic (exact) mass is 319 g/mol. The lowest BCUT2D eigenvalue weighted by Crippen LogP contribution is -2.47. The topological polar surface area (TPSA) is 66.2 Å². The van der Waals surface area contributed by atoms with Crippen molar-refractivity contribution in [1.82, 2.24) is 4.98 Å². The number of ether oxygens (including phenoxy) is 1. The number of carbonyl (C=O) groups excluding carboxylic acids is 1. The zero-order chi connectivity index (χ0) is 16.7. The van der Waals surface area contributed by atoms with Crippen molar-refractivity contribution >= 4 is 11.6 Å². The van der Waals surface area contributed by atoms with Gasteiger partial charge in [0.2, 0.25) is 11.8 Å². The molecule has 1 saturated carbocycles. The van der Waals surface area contributed by atoms with Gasteiger partial charge < -0.3 is 9.64 Å². The number of benzene rings is 1. The smallest absolute Gasteiger partial charge is 0.238 e. The number of carbonyl (C=O) groups is 1. The fourth-order valence-corrected chi connectivity index (χ4v) is 3.33. The van der Waals surface area contributed by atoms with Crippen molar-refractivity contribution in [3.63, 3.8) is 0 Å². The van der Waals surface area contributed by atoms with E-state index >= 15 is 0 Å². The van der Waals surface area contributed by atoms with Crippen molar-refractivity contribution in [2.24, 2.45) is 0 Å². The molecule has 120 valence electrons. The van der Waals surface area contributed by atoms with E-state index in [2.05, 4.69) is 11.1 Å². The summed E-state index contributed by atoms with van der Waals surface area (Å²) in [4.78, 5) is 19.4. The molecule has 0 radical (unpaired) electrons. The molecule has 1 aromatic carbocycles. The van der Waals surface area contributed by atoms with Gasteiger partial charge in [0, 0.05) is 6.20 Å². The Labute approximate surface area is 140 Å². The van der Waals surface area contributed by atoms with Crippen LogP contribution in [0.1, 0.15) is 30.9 Å². The number of anilines is 1. The minimum atomic E-state index is -0.474. The summed E-state index contributed by atoms with van der Waals surface area (Å²) in [6, 6.07) is 13.2. The normalized spacial score (nSPS) is 20.5. The Bertz CT molecular complexity index is 834. The van der Waals surface area contributed by atoms with Gasteiger partial charge in [-0.15, -0.1) is 0 Å². The van der Waals surface area contributed by atoms with Gasteiger partial charge in [0.25, 0.3) is 0 Å². The highest BCUT2D eigenvalue weighted by Gasteiger charge is 2.54. The van der Waals surface area contributed by atoms with Gasteiger partial charge >= 0.3 is 0 Å². The summed E-state index contributed by atoms with van der Waals surface area (Å²) in [5.74, 6) is 0.608. The molecule has 0 N–H and O–H groups in total. The van der Waals surface area contributed by atoms with Crippen molar-refractivity contribution in [3.8, 4) is 11.9 Å². The molecule has 2 aliphatic rings. The molecule has 2 aromatic rings. The molecule has 5 heteroatoms. The third-order valence-corrected chi connectivity index (χ3v) is 4.77. The largest absolute Gasteiger partial charge is 0.471 e. The molecule has 1 aliphatic heterocycles. The fourth-order valence-electron chi connectivity index (χ4n) is 3.33. The highest BCUT2D eigenvalue weighted by Crippen LogP contribution is 2.51. The molecule has 24 heavy (non-hydrogen) atoms. The first-order valence-corrected chi connectivity index (χ1v) is 8.08. The van der Waals surface area contributed by atoms with E-state index in [1.54, 1.807) is 18.3 Å². The van der Waals surface area contributed by atoms with E-state index in [9.17, 15) is 4.79 Å². The number of aromatic nitrogens is 1. The molecule has 5 nitrogen and oxygen atoms in total. The number of hydrogen-bond donors (Lipinski definition) is 0. The maximum Gasteiger partial charge on any atom is 0.238 e. The average Bonchev–Trinajstić information content (AvgIpc) is 3.42. The SMILES string of the molecule is C[C@@H]1CN(C(=O)C2(c3ccc(C#N)cc3)CC2)c2cccnc2O1. The highest BCUT2D eigenvalue weighted by molar-refractivity contribution is 6.04. The van der Waals surface area contributed by atoms with Crippen LogP contribution in [-0.2, 0) is 10.2 Å². The van der Waals surface area contributed by atoms with E-state index in [1.807, 2.05) is 36.1 Å². The van der Waals surface area contributed by atoms with Crippen LogP contribution in [0.2, 0.25) is 0 Å². The van der Waals surface area contributed by atoms with E-state index in [-0.39, 0.29) is 12.0 Å². The summed E-state index contributed by atoms with van der Waals surface area (Å²) in [5.41, 5.74) is 1.85. The highest BCUT2D eigenvalue weighted by atomic mass is 16.5. The van der Waals surface area contributed by atoms with E-state index in [4.69, 9.17) is 10.00 Å². The van der Waals surface area contributed by atoms with Crippen molar-refractivity contribution in [3.05, 3.63) is 53.7 Å². The molecule has 1 aromatic heterocycles. The first kappa shape index (κ1) is 14.7. The maximum atomic E-state index is 13.3. The molecule has 0 bridgehead atoms. The van der Waals surface area contributed by atoms with Crippen LogP contribution < -0.4 is 9.64 Å². The Morgan fingerprint density at radius 3 is 2.75 bits per heavy atom. The number of fused-ring (bicyclic) bond motifs is 1. The van der Waals surface area contributed by atoms with Crippen molar-refractivity contribution in [2.75, 3.05) is 11.4 Å². The van der Waals surface area contributed by atoms with Gasteiger partial charge in [-0.3, -0.25) is 4.79 Å². The van der Waals surface area contributed by atoms with Crippen molar-refractivity contribution in [2.45, 2.75) is 31.3 Å². The number of hydrogen-bond acceptors (Lipinski definition) is 4. The van der Waals surface area contributed by atoms with Gasteiger partial charge in [0.05, 0.1) is 23.6 Å². The molecular formula is C19H17N3O2. The zero-order valence-electron chi connectivity index (χ0n) is 13.4. The summed E-state index contributed by atoms with van der Waals surface area (Å²) < 4.78 is 5.74. The molecule has 1 fully saturated rings. The molecule has 0 unspecified atom stereocenters. The Kier molecular flexibility index (Phi) is 3.27. The lowest BCUT2D eigenvalue weighted by atomic mass is 9.93. The van der Waals surface area contributed by atoms with Crippen LogP contribution >= 0.6 is 0 Å². The second-order valence-corrected chi connectivity index (χ2v) is 6.44. The quantitative estimate of drug-likeness (QED) is 0.853. The lowest BCUT2D eigenvalue weighted by Gasteiger charge is -2.34. The van der Waals surface area contributed by atoms with Gasteiger partial charge in [-0.2, -0.15) is 5.26 Å². The Balaban J connectivity index is 1.69. The predicted molar refractivity (Wildman–Crippen MR) is 88.7 cm³/mol. The zero-order valence-corrected chi connectivity index (χ0v) is 13.4. The van der Waals surface area contributed by atoms with Crippen LogP contribution in [0.3, 0.4) is 0 Å². The van der Waals surface area contributed by atoms with Crippen LogP contribution in [0, 0.1) is 11.3 Å². The summed E-state index contributed by atoms with van der Waals surface area (Å²) in [7, 11) is 0. The third kappa shape index (κ3) is 2.23. The number of amides is 1. The van der Waals surface area contributed by atoms with Crippen LogP contribution in [-0.4, -0.2) is 23.5 Å². The minimum absolute atomic E-state index is 0.0897. The average molecular weight is 319 g/mol. The fraction of sp³-hybridized carbons (Fsp3) is 0.316. The molecule has 4 rings (SSSR count). The van der Waals surface area contributed by atoms with Crippen LogP contribution in [0.5, 0.6) is 5.88 Å². The molecule has 2 heterocycles.